The minimum atomic E-state index is -2.67. The SMILES string of the molecule is CCO[C@@H](C)CNc1cc(-c2cc(C)c(=O)n(C)c2)ccc1NC(=O)C1CCC(F)(F)CC1.CCO[C@@H](C)Cn1c(C2CCC(F)(F)CC2)nc2ccc(-c3cc(C)c(=O)n(C)c3)cc21.S.S. The molecule has 2 aromatic carbocycles. The smallest absolute Gasteiger partial charge is 0.253 e. The molecule has 2 aliphatic carbocycles. The predicted octanol–water partition coefficient (Wildman–Crippen LogP) is 10.6. The molecule has 2 fully saturated rings. The summed E-state index contributed by atoms with van der Waals surface area (Å²) in [7, 11) is 3.46. The number of anilines is 2. The minimum absolute atomic E-state index is 0. The number of imidazole rings is 1. The number of benzene rings is 2. The molecule has 1 amide bonds. The second-order valence-electron chi connectivity index (χ2n) is 17.9. The fourth-order valence-corrected chi connectivity index (χ4v) is 8.90. The average molecular weight is 973 g/mol. The number of aromatic nitrogens is 4. The van der Waals surface area contributed by atoms with Crippen LogP contribution >= 0.6 is 27.0 Å². The fraction of sp³-hybridized carbons (Fsp3) is 0.520. The van der Waals surface area contributed by atoms with E-state index in [1.54, 1.807) is 42.4 Å². The maximum atomic E-state index is 13.8. The van der Waals surface area contributed by atoms with Crippen molar-refractivity contribution < 1.29 is 31.8 Å². The van der Waals surface area contributed by atoms with Gasteiger partial charge in [0.15, 0.2) is 0 Å². The molecule has 0 spiro atoms. The Morgan fingerprint density at radius 3 is 1.78 bits per heavy atom. The molecule has 0 saturated heterocycles. The fourth-order valence-electron chi connectivity index (χ4n) is 8.90. The van der Waals surface area contributed by atoms with E-state index in [4.69, 9.17) is 14.5 Å². The number of carbonyl (C=O) groups excluding carboxylic acids is 1. The van der Waals surface area contributed by atoms with Crippen LogP contribution in [0.25, 0.3) is 33.3 Å². The van der Waals surface area contributed by atoms with Crippen molar-refractivity contribution in [3.05, 3.63) is 98.6 Å². The van der Waals surface area contributed by atoms with E-state index in [1.165, 1.54) is 0 Å². The lowest BCUT2D eigenvalue weighted by Gasteiger charge is -2.28. The molecule has 0 unspecified atom stereocenters. The number of amides is 1. The number of nitrogens with zero attached hydrogens (tertiary/aromatic N) is 4. The van der Waals surface area contributed by atoms with Gasteiger partial charge in [-0.15, -0.1) is 0 Å². The highest BCUT2D eigenvalue weighted by Gasteiger charge is 2.38. The molecular formula is C50H68F4N6O5S2. The van der Waals surface area contributed by atoms with Crippen molar-refractivity contribution in [3.63, 3.8) is 0 Å². The number of halogens is 4. The predicted molar refractivity (Wildman–Crippen MR) is 270 cm³/mol. The number of hydrogen-bond donors (Lipinski definition) is 2. The summed E-state index contributed by atoms with van der Waals surface area (Å²) >= 11 is 0. The largest absolute Gasteiger partial charge is 0.381 e. The number of nitrogens with one attached hydrogen (secondary N) is 2. The highest BCUT2D eigenvalue weighted by molar-refractivity contribution is 7.59. The van der Waals surface area contributed by atoms with Crippen LogP contribution in [0.1, 0.15) is 102 Å². The molecule has 5 aromatic rings. The molecule has 368 valence electrons. The molecule has 3 heterocycles. The standard InChI is InChI=1S/C25H33F2N3O3.C25H31F2N3O2.2H2S/c1-5-33-17(3)14-28-22-13-19(20-12-16(2)24(32)30(4)15-20)6-7-21(22)29-23(31)18-8-10-25(26,27)11-9-18;1-5-32-17(3)14-30-22-13-19(20-12-16(2)24(31)29(4)15-20)6-7-21(22)28-23(30)18-8-10-25(26,27)11-9-18;;/h6-7,12-13,15,17-18,28H,5,8-11,14H2,1-4H3,(H,29,31);6-7,12-13,15,17-18H,5,8-11,14H2,1-4H3;2*1H2/t2*17-;;/m00../s1. The van der Waals surface area contributed by atoms with Crippen molar-refractivity contribution in [1.82, 2.24) is 18.7 Å². The Morgan fingerprint density at radius 1 is 0.731 bits per heavy atom. The molecular weight excluding hydrogens is 905 g/mol. The van der Waals surface area contributed by atoms with Crippen LogP contribution in [0.4, 0.5) is 28.9 Å². The van der Waals surface area contributed by atoms with Gasteiger partial charge in [0.05, 0.1) is 41.2 Å². The van der Waals surface area contributed by atoms with Gasteiger partial charge in [-0.2, -0.15) is 27.0 Å². The van der Waals surface area contributed by atoms with Gasteiger partial charge in [-0.25, -0.2) is 22.5 Å². The Kier molecular flexibility index (Phi) is 19.4. The Balaban J connectivity index is 0.000000284. The third-order valence-corrected chi connectivity index (χ3v) is 12.5. The van der Waals surface area contributed by atoms with Crippen LogP contribution in [0.15, 0.2) is 70.5 Å². The van der Waals surface area contributed by atoms with Gasteiger partial charge in [-0.1, -0.05) is 12.1 Å². The topological polar surface area (TPSA) is 121 Å². The monoisotopic (exact) mass is 972 g/mol. The number of rotatable bonds is 14. The van der Waals surface area contributed by atoms with Gasteiger partial charge < -0.3 is 33.8 Å². The molecule has 2 aliphatic rings. The van der Waals surface area contributed by atoms with Gasteiger partial charge in [0.25, 0.3) is 11.1 Å². The molecule has 0 aliphatic heterocycles. The van der Waals surface area contributed by atoms with E-state index < -0.39 is 17.8 Å². The number of ether oxygens (including phenoxy) is 2. The minimum Gasteiger partial charge on any atom is -0.381 e. The first-order valence-corrected chi connectivity index (χ1v) is 22.8. The van der Waals surface area contributed by atoms with E-state index in [0.717, 1.165) is 39.1 Å². The van der Waals surface area contributed by atoms with E-state index >= 15 is 0 Å². The zero-order chi connectivity index (χ0) is 47.2. The molecule has 11 nitrogen and oxygen atoms in total. The van der Waals surface area contributed by atoms with Crippen LogP contribution in [-0.4, -0.2) is 68.4 Å². The summed E-state index contributed by atoms with van der Waals surface area (Å²) in [5.74, 6) is -5.02. The van der Waals surface area contributed by atoms with Crippen molar-refractivity contribution >= 4 is 55.3 Å². The van der Waals surface area contributed by atoms with E-state index in [0.29, 0.717) is 61.6 Å². The zero-order valence-corrected chi connectivity index (χ0v) is 41.9. The lowest BCUT2D eigenvalue weighted by molar-refractivity contribution is -0.124. The van der Waals surface area contributed by atoms with E-state index in [1.807, 2.05) is 77.2 Å². The van der Waals surface area contributed by atoms with E-state index in [9.17, 15) is 31.9 Å². The van der Waals surface area contributed by atoms with Crippen molar-refractivity contribution in [2.24, 2.45) is 20.0 Å². The van der Waals surface area contributed by atoms with Gasteiger partial charge in [0.1, 0.15) is 5.82 Å². The summed E-state index contributed by atoms with van der Waals surface area (Å²) in [6.45, 7) is 13.8. The summed E-state index contributed by atoms with van der Waals surface area (Å²) in [6.07, 6.45) is 4.08. The Morgan fingerprint density at radius 2 is 1.24 bits per heavy atom. The third kappa shape index (κ3) is 14.0. The van der Waals surface area contributed by atoms with Gasteiger partial charge >= 0.3 is 0 Å². The van der Waals surface area contributed by atoms with Crippen molar-refractivity contribution in [2.45, 2.75) is 129 Å². The Labute approximate surface area is 404 Å². The molecule has 67 heavy (non-hydrogen) atoms. The van der Waals surface area contributed by atoms with Crippen LogP contribution < -0.4 is 21.8 Å². The summed E-state index contributed by atoms with van der Waals surface area (Å²) in [5.41, 5.74) is 8.09. The normalized spacial score (nSPS) is 16.8. The second kappa shape index (κ2) is 23.6. The number of pyridine rings is 2. The summed E-state index contributed by atoms with van der Waals surface area (Å²) < 4.78 is 71.2. The van der Waals surface area contributed by atoms with Crippen molar-refractivity contribution in [1.29, 1.82) is 0 Å². The first-order valence-electron chi connectivity index (χ1n) is 22.8. The first-order chi connectivity index (χ1) is 30.8. The zero-order valence-electron chi connectivity index (χ0n) is 39.9. The highest BCUT2D eigenvalue weighted by atomic mass is 32.1. The second-order valence-corrected chi connectivity index (χ2v) is 17.9. The molecule has 3 aromatic heterocycles. The number of aryl methyl sites for hydroxylation is 4. The molecule has 2 N–H and O–H groups in total. The maximum Gasteiger partial charge on any atom is 0.253 e. The van der Waals surface area contributed by atoms with Crippen LogP contribution in [0.5, 0.6) is 0 Å². The third-order valence-electron chi connectivity index (χ3n) is 12.5. The first kappa shape index (κ1) is 55.0. The van der Waals surface area contributed by atoms with Crippen LogP contribution in [0, 0.1) is 19.8 Å². The van der Waals surface area contributed by atoms with E-state index in [2.05, 4.69) is 21.3 Å². The van der Waals surface area contributed by atoms with Crippen LogP contribution in [-0.2, 0) is 34.9 Å². The summed E-state index contributed by atoms with van der Waals surface area (Å²) in [5, 5.41) is 6.27. The number of carbonyl (C=O) groups is 1. The molecule has 0 bridgehead atoms. The van der Waals surface area contributed by atoms with Crippen LogP contribution in [0.3, 0.4) is 0 Å². The Bertz CT molecular complexity index is 2530. The van der Waals surface area contributed by atoms with Gasteiger partial charge in [0, 0.05) is 94.9 Å². The quantitative estimate of drug-likeness (QED) is 0.106. The lowest BCUT2D eigenvalue weighted by atomic mass is 9.86. The maximum absolute atomic E-state index is 13.8. The molecule has 0 radical (unpaired) electrons. The molecule has 17 heteroatoms. The van der Waals surface area contributed by atoms with E-state index in [-0.39, 0.29) is 101 Å². The number of fused-ring (bicyclic) bond motifs is 1. The molecule has 2 atom stereocenters. The number of hydrogen-bond acceptors (Lipinski definition) is 7. The highest BCUT2D eigenvalue weighted by Crippen LogP contribution is 2.42. The van der Waals surface area contributed by atoms with Gasteiger partial charge in [-0.05, 0) is 126 Å². The van der Waals surface area contributed by atoms with Gasteiger partial charge in [0.2, 0.25) is 17.8 Å². The van der Waals surface area contributed by atoms with Crippen molar-refractivity contribution in [3.8, 4) is 22.3 Å². The number of alkyl halides is 4. The molecule has 7 rings (SSSR count). The lowest BCUT2D eigenvalue weighted by Crippen LogP contribution is -2.32. The molecule has 2 saturated carbocycles. The van der Waals surface area contributed by atoms with Crippen LogP contribution in [0.2, 0.25) is 0 Å². The average Bonchev–Trinajstić information content (AvgIpc) is 3.61. The summed E-state index contributed by atoms with van der Waals surface area (Å²) in [4.78, 5) is 41.9. The van der Waals surface area contributed by atoms with Gasteiger partial charge in [-0.3, -0.25) is 14.4 Å². The Hall–Kier alpha value is -4.58. The summed E-state index contributed by atoms with van der Waals surface area (Å²) in [6, 6.07) is 15.4. The van der Waals surface area contributed by atoms with Crippen molar-refractivity contribution in [2.75, 3.05) is 30.4 Å².